The van der Waals surface area contributed by atoms with E-state index in [-0.39, 0.29) is 18.4 Å². The molecule has 0 unspecified atom stereocenters. The summed E-state index contributed by atoms with van der Waals surface area (Å²) in [6.45, 7) is 5.44. The largest absolute Gasteiger partial charge is 0.497 e. The number of amides is 1. The third kappa shape index (κ3) is 4.77. The van der Waals surface area contributed by atoms with Crippen molar-refractivity contribution in [2.45, 2.75) is 63.9 Å². The molecule has 1 aromatic rings. The van der Waals surface area contributed by atoms with E-state index in [0.717, 1.165) is 43.4 Å². The average Bonchev–Trinajstić information content (AvgIpc) is 2.60. The van der Waals surface area contributed by atoms with Crippen LogP contribution in [0.15, 0.2) is 24.3 Å². The van der Waals surface area contributed by atoms with E-state index < -0.39 is 11.0 Å². The molecule has 26 heavy (non-hydrogen) atoms. The third-order valence-corrected chi connectivity index (χ3v) is 4.89. The first-order valence-electron chi connectivity index (χ1n) is 9.30. The topological polar surface area (TPSA) is 55.8 Å². The summed E-state index contributed by atoms with van der Waals surface area (Å²) >= 11 is 0. The predicted octanol–water partition coefficient (Wildman–Crippen LogP) is 3.70. The van der Waals surface area contributed by atoms with Gasteiger partial charge in [-0.05, 0) is 51.3 Å². The number of methoxy groups -OCH3 is 1. The second kappa shape index (κ2) is 8.11. The molecular formula is C21H31NO4. The third-order valence-electron chi connectivity index (χ3n) is 4.89. The Morgan fingerprint density at radius 1 is 1.08 bits per heavy atom. The molecule has 0 bridgehead atoms. The lowest BCUT2D eigenvalue weighted by Crippen LogP contribution is -2.48. The number of rotatable bonds is 5. The molecule has 2 rings (SSSR count). The Hall–Kier alpha value is -2.04. The molecular weight excluding hydrogens is 330 g/mol. The maximum absolute atomic E-state index is 13.4. The van der Waals surface area contributed by atoms with Gasteiger partial charge in [0.05, 0.1) is 12.5 Å². The van der Waals surface area contributed by atoms with Crippen molar-refractivity contribution in [2.75, 3.05) is 20.7 Å². The molecule has 0 spiro atoms. The summed E-state index contributed by atoms with van der Waals surface area (Å²) < 4.78 is 10.6. The molecule has 5 heteroatoms. The molecule has 0 aliphatic heterocycles. The molecule has 0 saturated heterocycles. The van der Waals surface area contributed by atoms with E-state index in [1.165, 1.54) is 4.90 Å². The molecule has 5 nitrogen and oxygen atoms in total. The number of hydrogen-bond acceptors (Lipinski definition) is 4. The second-order valence-corrected chi connectivity index (χ2v) is 8.12. The first-order valence-corrected chi connectivity index (χ1v) is 9.30. The summed E-state index contributed by atoms with van der Waals surface area (Å²) in [6, 6.07) is 7.74. The van der Waals surface area contributed by atoms with Gasteiger partial charge >= 0.3 is 5.97 Å². The van der Waals surface area contributed by atoms with Crippen LogP contribution < -0.4 is 4.74 Å². The lowest BCUT2D eigenvalue weighted by Gasteiger charge is -2.39. The highest BCUT2D eigenvalue weighted by Crippen LogP contribution is 2.41. The fraction of sp³-hybridized carbons (Fsp3) is 0.619. The van der Waals surface area contributed by atoms with Crippen molar-refractivity contribution < 1.29 is 19.1 Å². The van der Waals surface area contributed by atoms with Crippen LogP contribution in [0.1, 0.15) is 58.4 Å². The first-order chi connectivity index (χ1) is 12.2. The Kier molecular flexibility index (Phi) is 6.32. The Bertz CT molecular complexity index is 624. The Labute approximate surface area is 156 Å². The minimum Gasteiger partial charge on any atom is -0.497 e. The number of benzene rings is 1. The van der Waals surface area contributed by atoms with Crippen LogP contribution in [0.25, 0.3) is 0 Å². The van der Waals surface area contributed by atoms with Gasteiger partial charge in [0.15, 0.2) is 0 Å². The van der Waals surface area contributed by atoms with Crippen LogP contribution in [-0.4, -0.2) is 43.1 Å². The predicted molar refractivity (Wildman–Crippen MR) is 101 cm³/mol. The maximum Gasteiger partial charge on any atom is 0.326 e. The minimum atomic E-state index is -0.568. The Morgan fingerprint density at radius 3 is 2.15 bits per heavy atom. The molecule has 144 valence electrons. The van der Waals surface area contributed by atoms with Crippen LogP contribution in [0.5, 0.6) is 5.75 Å². The van der Waals surface area contributed by atoms with Crippen LogP contribution in [0, 0.1) is 0 Å². The molecule has 0 radical (unpaired) electrons. The molecule has 1 saturated carbocycles. The molecule has 1 aliphatic carbocycles. The highest BCUT2D eigenvalue weighted by atomic mass is 16.6. The minimum absolute atomic E-state index is 0.00627. The quantitative estimate of drug-likeness (QED) is 0.751. The van der Waals surface area contributed by atoms with Crippen LogP contribution >= 0.6 is 0 Å². The number of esters is 1. The van der Waals surface area contributed by atoms with Gasteiger partial charge in [-0.15, -0.1) is 0 Å². The maximum atomic E-state index is 13.4. The molecule has 1 aromatic carbocycles. The average molecular weight is 361 g/mol. The molecule has 0 heterocycles. The van der Waals surface area contributed by atoms with E-state index in [9.17, 15) is 9.59 Å². The van der Waals surface area contributed by atoms with Crippen molar-refractivity contribution in [3.63, 3.8) is 0 Å². The Balaban J connectivity index is 2.22. The van der Waals surface area contributed by atoms with Crippen LogP contribution in [0.2, 0.25) is 0 Å². The number of carbonyl (C=O) groups is 2. The highest BCUT2D eigenvalue weighted by Gasteiger charge is 2.43. The normalized spacial score (nSPS) is 16.7. The van der Waals surface area contributed by atoms with Crippen molar-refractivity contribution in [1.29, 1.82) is 0 Å². The van der Waals surface area contributed by atoms with Gasteiger partial charge in [0.1, 0.15) is 17.9 Å². The van der Waals surface area contributed by atoms with Crippen molar-refractivity contribution in [3.05, 3.63) is 29.8 Å². The van der Waals surface area contributed by atoms with Crippen molar-refractivity contribution in [1.82, 2.24) is 4.90 Å². The van der Waals surface area contributed by atoms with E-state index in [4.69, 9.17) is 9.47 Å². The Morgan fingerprint density at radius 2 is 1.65 bits per heavy atom. The fourth-order valence-electron chi connectivity index (χ4n) is 3.70. The van der Waals surface area contributed by atoms with Gasteiger partial charge in [-0.2, -0.15) is 0 Å². The summed E-state index contributed by atoms with van der Waals surface area (Å²) in [6.07, 6.45) is 4.77. The fourth-order valence-corrected chi connectivity index (χ4v) is 3.70. The van der Waals surface area contributed by atoms with Gasteiger partial charge < -0.3 is 14.4 Å². The second-order valence-electron chi connectivity index (χ2n) is 8.12. The summed E-state index contributed by atoms with van der Waals surface area (Å²) in [4.78, 5) is 27.0. The van der Waals surface area contributed by atoms with E-state index >= 15 is 0 Å². The van der Waals surface area contributed by atoms with Crippen LogP contribution in [-0.2, 0) is 19.7 Å². The van der Waals surface area contributed by atoms with Crippen LogP contribution in [0.4, 0.5) is 0 Å². The van der Waals surface area contributed by atoms with Crippen LogP contribution in [0.3, 0.4) is 0 Å². The van der Waals surface area contributed by atoms with E-state index in [2.05, 4.69) is 0 Å². The van der Waals surface area contributed by atoms with E-state index in [1.54, 1.807) is 14.2 Å². The van der Waals surface area contributed by atoms with Gasteiger partial charge in [0, 0.05) is 7.05 Å². The summed E-state index contributed by atoms with van der Waals surface area (Å²) in [5.74, 6) is 0.386. The zero-order valence-corrected chi connectivity index (χ0v) is 16.6. The van der Waals surface area contributed by atoms with Gasteiger partial charge in [0.2, 0.25) is 5.91 Å². The number of carbonyl (C=O) groups excluding carboxylic acids is 2. The standard InChI is InChI=1S/C21H31NO4/c1-20(2,3)26-18(23)15-22(4)19(24)21(13-7-6-8-14-21)16-9-11-17(25-5)12-10-16/h9-12H,6-8,13-15H2,1-5H3. The van der Waals surface area contributed by atoms with Gasteiger partial charge in [0.25, 0.3) is 0 Å². The highest BCUT2D eigenvalue weighted by molar-refractivity contribution is 5.90. The van der Waals surface area contributed by atoms with Gasteiger partial charge in [-0.1, -0.05) is 31.4 Å². The molecule has 1 aliphatic rings. The molecule has 1 fully saturated rings. The van der Waals surface area contributed by atoms with Crippen molar-refractivity contribution >= 4 is 11.9 Å². The molecule has 0 N–H and O–H groups in total. The zero-order valence-electron chi connectivity index (χ0n) is 16.6. The molecule has 1 amide bonds. The number of hydrogen-bond donors (Lipinski definition) is 0. The zero-order chi connectivity index (χ0) is 19.4. The lowest BCUT2D eigenvalue weighted by molar-refractivity contribution is -0.159. The smallest absolute Gasteiger partial charge is 0.326 e. The van der Waals surface area contributed by atoms with Crippen molar-refractivity contribution in [2.24, 2.45) is 0 Å². The summed E-state index contributed by atoms with van der Waals surface area (Å²) in [5, 5.41) is 0. The summed E-state index contributed by atoms with van der Waals surface area (Å²) in [5.41, 5.74) is -0.125. The van der Waals surface area contributed by atoms with E-state index in [1.807, 2.05) is 45.0 Å². The number of nitrogens with zero attached hydrogens (tertiary/aromatic N) is 1. The molecule has 0 aromatic heterocycles. The first kappa shape index (κ1) is 20.3. The number of ether oxygens (including phenoxy) is 2. The summed E-state index contributed by atoms with van der Waals surface area (Å²) in [7, 11) is 3.32. The van der Waals surface area contributed by atoms with Gasteiger partial charge in [-0.3, -0.25) is 9.59 Å². The van der Waals surface area contributed by atoms with Crippen molar-refractivity contribution in [3.8, 4) is 5.75 Å². The lowest BCUT2D eigenvalue weighted by atomic mass is 9.68. The van der Waals surface area contributed by atoms with E-state index in [0.29, 0.717) is 0 Å². The monoisotopic (exact) mass is 361 g/mol. The SMILES string of the molecule is COc1ccc(C2(C(=O)N(C)CC(=O)OC(C)(C)C)CCCCC2)cc1. The number of likely N-dealkylation sites (N-methyl/N-ethyl adjacent to an activating group) is 1. The van der Waals surface area contributed by atoms with Gasteiger partial charge in [-0.25, -0.2) is 0 Å². The molecule has 0 atom stereocenters.